The average molecular weight is 485 g/mol. The monoisotopic (exact) mass is 484 g/mol. The van der Waals surface area contributed by atoms with Crippen LogP contribution in [0.4, 0.5) is 11.4 Å². The van der Waals surface area contributed by atoms with E-state index in [9.17, 15) is 13.2 Å². The van der Waals surface area contributed by atoms with E-state index >= 15 is 0 Å². The van der Waals surface area contributed by atoms with Gasteiger partial charge in [0.15, 0.2) is 6.61 Å². The van der Waals surface area contributed by atoms with Crippen molar-refractivity contribution >= 4 is 27.3 Å². The van der Waals surface area contributed by atoms with E-state index in [-0.39, 0.29) is 19.1 Å². The molecule has 0 aliphatic rings. The molecular weight excluding hydrogens is 456 g/mol. The molecule has 3 aromatic carbocycles. The van der Waals surface area contributed by atoms with Gasteiger partial charge in [0.25, 0.3) is 5.91 Å². The maximum absolute atomic E-state index is 12.4. The molecule has 0 unspecified atom stereocenters. The maximum Gasteiger partial charge on any atom is 0.262 e. The van der Waals surface area contributed by atoms with Crippen LogP contribution in [0.5, 0.6) is 17.2 Å². The fraction of sp³-hybridized carbons (Fsp3) is 0.240. The number of hydrogen-bond donors (Lipinski definition) is 1. The first-order chi connectivity index (χ1) is 16.2. The lowest BCUT2D eigenvalue weighted by Crippen LogP contribution is -2.29. The lowest BCUT2D eigenvalue weighted by Gasteiger charge is -2.23. The summed E-state index contributed by atoms with van der Waals surface area (Å²) in [4.78, 5) is 12.4. The van der Waals surface area contributed by atoms with Gasteiger partial charge in [-0.15, -0.1) is 0 Å². The third kappa shape index (κ3) is 6.64. The molecule has 0 saturated heterocycles. The number of carbonyl (C=O) groups is 1. The lowest BCUT2D eigenvalue weighted by atomic mass is 10.1. The SMILES string of the molecule is COc1ccc(OC)c(NC(=O)COc2ccc(N(Cc3ccc(C)cc3)S(C)(=O)=O)cc2)c1. The van der Waals surface area contributed by atoms with Crippen molar-refractivity contribution < 1.29 is 27.4 Å². The van der Waals surface area contributed by atoms with E-state index in [1.165, 1.54) is 24.8 Å². The van der Waals surface area contributed by atoms with E-state index in [2.05, 4.69) is 5.32 Å². The van der Waals surface area contributed by atoms with Crippen molar-refractivity contribution in [1.29, 1.82) is 0 Å². The predicted octanol–water partition coefficient (Wildman–Crippen LogP) is 4.00. The Hall–Kier alpha value is -3.72. The zero-order valence-corrected chi connectivity index (χ0v) is 20.4. The minimum Gasteiger partial charge on any atom is -0.497 e. The van der Waals surface area contributed by atoms with Crippen molar-refractivity contribution in [2.75, 3.05) is 36.7 Å². The lowest BCUT2D eigenvalue weighted by molar-refractivity contribution is -0.118. The molecule has 0 spiro atoms. The molecule has 3 rings (SSSR count). The van der Waals surface area contributed by atoms with Crippen molar-refractivity contribution in [1.82, 2.24) is 0 Å². The second-order valence-electron chi connectivity index (χ2n) is 7.65. The number of nitrogens with one attached hydrogen (secondary N) is 1. The van der Waals surface area contributed by atoms with Crippen LogP contribution >= 0.6 is 0 Å². The Morgan fingerprint density at radius 3 is 2.15 bits per heavy atom. The van der Waals surface area contributed by atoms with Crippen molar-refractivity contribution in [3.63, 3.8) is 0 Å². The molecule has 1 amide bonds. The zero-order valence-electron chi connectivity index (χ0n) is 19.6. The van der Waals surface area contributed by atoms with Crippen LogP contribution in [0.2, 0.25) is 0 Å². The van der Waals surface area contributed by atoms with E-state index in [0.717, 1.165) is 11.1 Å². The molecule has 9 heteroatoms. The fourth-order valence-corrected chi connectivity index (χ4v) is 4.10. The predicted molar refractivity (Wildman–Crippen MR) is 132 cm³/mol. The fourth-order valence-electron chi connectivity index (χ4n) is 3.21. The largest absolute Gasteiger partial charge is 0.497 e. The number of amides is 1. The second-order valence-corrected chi connectivity index (χ2v) is 9.56. The number of methoxy groups -OCH3 is 2. The topological polar surface area (TPSA) is 94.2 Å². The van der Waals surface area contributed by atoms with Gasteiger partial charge in [0.05, 0.1) is 38.4 Å². The summed E-state index contributed by atoms with van der Waals surface area (Å²) in [7, 11) is -0.464. The number of aryl methyl sites for hydroxylation is 1. The maximum atomic E-state index is 12.4. The van der Waals surface area contributed by atoms with Gasteiger partial charge in [-0.05, 0) is 48.9 Å². The Morgan fingerprint density at radius 1 is 0.912 bits per heavy atom. The normalized spacial score (nSPS) is 10.9. The van der Waals surface area contributed by atoms with Crippen molar-refractivity contribution in [2.45, 2.75) is 13.5 Å². The molecule has 0 fully saturated rings. The van der Waals surface area contributed by atoms with Gasteiger partial charge in [-0.2, -0.15) is 0 Å². The summed E-state index contributed by atoms with van der Waals surface area (Å²) < 4.78 is 42.1. The highest BCUT2D eigenvalue weighted by molar-refractivity contribution is 7.92. The molecule has 0 saturated carbocycles. The van der Waals surface area contributed by atoms with Crippen LogP contribution in [0.3, 0.4) is 0 Å². The van der Waals surface area contributed by atoms with Crippen molar-refractivity contribution in [2.24, 2.45) is 0 Å². The third-order valence-electron chi connectivity index (χ3n) is 5.02. The summed E-state index contributed by atoms with van der Waals surface area (Å²) in [5, 5.41) is 2.73. The third-order valence-corrected chi connectivity index (χ3v) is 6.16. The Kier molecular flexibility index (Phi) is 8.01. The number of rotatable bonds is 10. The smallest absolute Gasteiger partial charge is 0.262 e. The minimum atomic E-state index is -3.51. The van der Waals surface area contributed by atoms with E-state index in [1.54, 1.807) is 42.5 Å². The second kappa shape index (κ2) is 10.9. The minimum absolute atomic E-state index is 0.212. The van der Waals surface area contributed by atoms with Gasteiger partial charge in [-0.25, -0.2) is 8.42 Å². The Labute approximate surface area is 200 Å². The summed E-state index contributed by atoms with van der Waals surface area (Å²) in [5.74, 6) is 1.12. The van der Waals surface area contributed by atoms with Gasteiger partial charge in [0.2, 0.25) is 10.0 Å². The van der Waals surface area contributed by atoms with Gasteiger partial charge < -0.3 is 19.5 Å². The molecule has 0 aliphatic heterocycles. The first-order valence-electron chi connectivity index (χ1n) is 10.5. The average Bonchev–Trinajstić information content (AvgIpc) is 2.82. The first-order valence-corrected chi connectivity index (χ1v) is 12.3. The summed E-state index contributed by atoms with van der Waals surface area (Å²) in [6.07, 6.45) is 1.17. The number of carbonyl (C=O) groups excluding carboxylic acids is 1. The molecule has 180 valence electrons. The molecule has 3 aromatic rings. The van der Waals surface area contributed by atoms with Crippen LogP contribution in [-0.4, -0.2) is 41.4 Å². The van der Waals surface area contributed by atoms with Crippen LogP contribution < -0.4 is 23.8 Å². The van der Waals surface area contributed by atoms with Gasteiger partial charge >= 0.3 is 0 Å². The number of anilines is 2. The van der Waals surface area contributed by atoms with Crippen LogP contribution in [-0.2, 0) is 21.4 Å². The van der Waals surface area contributed by atoms with E-state index in [1.807, 2.05) is 31.2 Å². The molecule has 0 aromatic heterocycles. The number of hydrogen-bond acceptors (Lipinski definition) is 6. The van der Waals surface area contributed by atoms with E-state index < -0.39 is 10.0 Å². The summed E-state index contributed by atoms with van der Waals surface area (Å²) in [6.45, 7) is 1.95. The van der Waals surface area contributed by atoms with Crippen LogP contribution in [0.1, 0.15) is 11.1 Å². The van der Waals surface area contributed by atoms with Gasteiger partial charge in [0, 0.05) is 6.07 Å². The Balaban J connectivity index is 1.65. The first kappa shape index (κ1) is 24.9. The molecule has 0 radical (unpaired) electrons. The number of ether oxygens (including phenoxy) is 3. The zero-order chi connectivity index (χ0) is 24.7. The van der Waals surface area contributed by atoms with Crippen LogP contribution in [0.25, 0.3) is 0 Å². The Morgan fingerprint density at radius 2 is 1.56 bits per heavy atom. The van der Waals surface area contributed by atoms with Crippen molar-refractivity contribution in [3.8, 4) is 17.2 Å². The molecule has 8 nitrogen and oxygen atoms in total. The summed E-state index contributed by atoms with van der Waals surface area (Å²) in [5.41, 5.74) is 2.94. The molecule has 1 N–H and O–H groups in total. The van der Waals surface area contributed by atoms with Crippen LogP contribution in [0.15, 0.2) is 66.7 Å². The standard InChI is InChI=1S/C25H28N2O6S/c1-18-5-7-19(8-6-18)16-27(34(4,29)30)20-9-11-21(12-10-20)33-17-25(28)26-23-15-22(31-2)13-14-24(23)32-3/h5-15H,16-17H2,1-4H3,(H,26,28). The Bertz CT molecular complexity index is 1230. The van der Waals surface area contributed by atoms with Gasteiger partial charge in [-0.1, -0.05) is 29.8 Å². The highest BCUT2D eigenvalue weighted by Crippen LogP contribution is 2.29. The highest BCUT2D eigenvalue weighted by atomic mass is 32.2. The quantitative estimate of drug-likeness (QED) is 0.468. The molecular formula is C25H28N2O6S. The number of benzene rings is 3. The molecule has 0 heterocycles. The summed E-state index contributed by atoms with van der Waals surface area (Å²) >= 11 is 0. The van der Waals surface area contributed by atoms with Gasteiger partial charge in [0.1, 0.15) is 17.2 Å². The van der Waals surface area contributed by atoms with Gasteiger partial charge in [-0.3, -0.25) is 9.10 Å². The van der Waals surface area contributed by atoms with Crippen LogP contribution in [0, 0.1) is 6.92 Å². The molecule has 0 atom stereocenters. The summed E-state index contributed by atoms with van der Waals surface area (Å²) in [6, 6.07) is 19.3. The molecule has 0 aliphatic carbocycles. The number of sulfonamides is 1. The van der Waals surface area contributed by atoms with E-state index in [4.69, 9.17) is 14.2 Å². The highest BCUT2D eigenvalue weighted by Gasteiger charge is 2.18. The molecule has 0 bridgehead atoms. The molecule has 34 heavy (non-hydrogen) atoms. The number of nitrogens with zero attached hydrogens (tertiary/aromatic N) is 1. The van der Waals surface area contributed by atoms with Crippen molar-refractivity contribution in [3.05, 3.63) is 77.9 Å². The van der Waals surface area contributed by atoms with E-state index in [0.29, 0.717) is 28.6 Å².